The van der Waals surface area contributed by atoms with Gasteiger partial charge in [0.1, 0.15) is 0 Å². The number of carbonyl (C=O) groups excluding carboxylic acids is 1. The summed E-state index contributed by atoms with van der Waals surface area (Å²) < 4.78 is 1.17. The van der Waals surface area contributed by atoms with Crippen molar-refractivity contribution in [3.05, 3.63) is 65.0 Å². The molecule has 5 heteroatoms. The number of hydrogen-bond donors (Lipinski definition) is 2. The molecule has 1 heterocycles. The smallest absolute Gasteiger partial charge is 0.335 e. The third-order valence-electron chi connectivity index (χ3n) is 3.10. The van der Waals surface area contributed by atoms with E-state index in [0.29, 0.717) is 11.3 Å². The van der Waals surface area contributed by atoms with E-state index in [4.69, 9.17) is 5.11 Å². The topological polar surface area (TPSA) is 66.4 Å². The monoisotopic (exact) mass is 297 g/mol. The lowest BCUT2D eigenvalue weighted by Crippen LogP contribution is -2.12. The van der Waals surface area contributed by atoms with E-state index in [0.717, 1.165) is 5.39 Å². The van der Waals surface area contributed by atoms with Gasteiger partial charge in [-0.1, -0.05) is 0 Å². The highest BCUT2D eigenvalue weighted by molar-refractivity contribution is 7.17. The summed E-state index contributed by atoms with van der Waals surface area (Å²) in [6.45, 7) is 0. The highest BCUT2D eigenvalue weighted by Crippen LogP contribution is 2.24. The molecule has 0 saturated heterocycles. The lowest BCUT2D eigenvalue weighted by atomic mass is 10.1. The molecule has 2 aromatic carbocycles. The van der Waals surface area contributed by atoms with Crippen LogP contribution in [0.2, 0.25) is 0 Å². The molecule has 0 aliphatic heterocycles. The Morgan fingerprint density at radius 3 is 2.38 bits per heavy atom. The normalized spacial score (nSPS) is 10.5. The van der Waals surface area contributed by atoms with Crippen molar-refractivity contribution < 1.29 is 14.7 Å². The van der Waals surface area contributed by atoms with Gasteiger partial charge in [0.25, 0.3) is 5.91 Å². The van der Waals surface area contributed by atoms with Gasteiger partial charge in [-0.25, -0.2) is 4.79 Å². The SMILES string of the molecule is O=C(O)c1ccc(C(=O)Nc2ccc3sccc3c2)cc1. The van der Waals surface area contributed by atoms with Crippen LogP contribution >= 0.6 is 11.3 Å². The highest BCUT2D eigenvalue weighted by Gasteiger charge is 2.08. The summed E-state index contributed by atoms with van der Waals surface area (Å²) in [4.78, 5) is 22.9. The fourth-order valence-corrected chi connectivity index (χ4v) is 2.78. The molecule has 1 aromatic heterocycles. The maximum Gasteiger partial charge on any atom is 0.335 e. The molecule has 3 aromatic rings. The van der Waals surface area contributed by atoms with E-state index in [1.165, 1.54) is 29.0 Å². The molecule has 0 atom stereocenters. The van der Waals surface area contributed by atoms with E-state index in [1.807, 2.05) is 29.6 Å². The third kappa shape index (κ3) is 2.78. The summed E-state index contributed by atoms with van der Waals surface area (Å²) in [7, 11) is 0. The van der Waals surface area contributed by atoms with E-state index in [2.05, 4.69) is 5.32 Å². The number of aromatic carboxylic acids is 1. The van der Waals surface area contributed by atoms with Gasteiger partial charge in [0.2, 0.25) is 0 Å². The molecule has 0 radical (unpaired) electrons. The standard InChI is InChI=1S/C16H11NO3S/c18-15(10-1-3-11(4-2-10)16(19)20)17-13-5-6-14-12(9-13)7-8-21-14/h1-9H,(H,17,18)(H,19,20). The molecule has 0 aliphatic rings. The van der Waals surface area contributed by atoms with E-state index in [-0.39, 0.29) is 11.5 Å². The first-order chi connectivity index (χ1) is 10.1. The van der Waals surface area contributed by atoms with Crippen molar-refractivity contribution in [1.82, 2.24) is 0 Å². The summed E-state index contributed by atoms with van der Waals surface area (Å²) in [5.74, 6) is -1.27. The van der Waals surface area contributed by atoms with Crippen molar-refractivity contribution in [1.29, 1.82) is 0 Å². The van der Waals surface area contributed by atoms with Crippen LogP contribution in [0.4, 0.5) is 5.69 Å². The molecular formula is C16H11NO3S. The Morgan fingerprint density at radius 1 is 0.952 bits per heavy atom. The number of carboxylic acid groups (broad SMARTS) is 1. The summed E-state index contributed by atoms with van der Waals surface area (Å²) in [6.07, 6.45) is 0. The van der Waals surface area contributed by atoms with Gasteiger partial charge in [-0.05, 0) is 59.3 Å². The van der Waals surface area contributed by atoms with Gasteiger partial charge in [0.15, 0.2) is 0 Å². The molecule has 4 nitrogen and oxygen atoms in total. The van der Waals surface area contributed by atoms with Gasteiger partial charge in [0, 0.05) is 16.0 Å². The minimum absolute atomic E-state index is 0.159. The summed E-state index contributed by atoms with van der Waals surface area (Å²) in [5.41, 5.74) is 1.30. The average molecular weight is 297 g/mol. The number of benzene rings is 2. The van der Waals surface area contributed by atoms with Crippen LogP contribution in [0.5, 0.6) is 0 Å². The first-order valence-corrected chi connectivity index (χ1v) is 7.13. The molecule has 0 fully saturated rings. The number of fused-ring (bicyclic) bond motifs is 1. The number of thiophene rings is 1. The average Bonchev–Trinajstić information content (AvgIpc) is 2.95. The Balaban J connectivity index is 1.80. The summed E-state index contributed by atoms with van der Waals surface area (Å²) in [5, 5.41) is 14.7. The van der Waals surface area contributed by atoms with Crippen LogP contribution in [0.25, 0.3) is 10.1 Å². The van der Waals surface area contributed by atoms with E-state index < -0.39 is 5.97 Å². The zero-order valence-electron chi connectivity index (χ0n) is 10.9. The minimum atomic E-state index is -1.01. The Bertz CT molecular complexity index is 821. The summed E-state index contributed by atoms with van der Waals surface area (Å²) >= 11 is 1.65. The van der Waals surface area contributed by atoms with Gasteiger partial charge < -0.3 is 10.4 Å². The second-order valence-electron chi connectivity index (χ2n) is 4.51. The fourth-order valence-electron chi connectivity index (χ4n) is 2.01. The molecule has 0 bridgehead atoms. The Morgan fingerprint density at radius 2 is 1.67 bits per heavy atom. The van der Waals surface area contributed by atoms with E-state index in [1.54, 1.807) is 11.3 Å². The lowest BCUT2D eigenvalue weighted by molar-refractivity contribution is 0.0696. The second-order valence-corrected chi connectivity index (χ2v) is 5.46. The number of anilines is 1. The van der Waals surface area contributed by atoms with Gasteiger partial charge in [0.05, 0.1) is 5.56 Å². The maximum atomic E-state index is 12.1. The quantitative estimate of drug-likeness (QED) is 0.771. The fraction of sp³-hybridized carbons (Fsp3) is 0. The Hall–Kier alpha value is -2.66. The van der Waals surface area contributed by atoms with Crippen molar-refractivity contribution in [2.75, 3.05) is 5.32 Å². The molecular weight excluding hydrogens is 286 g/mol. The second kappa shape index (κ2) is 5.38. The zero-order valence-corrected chi connectivity index (χ0v) is 11.7. The Labute approximate surface area is 124 Å². The molecule has 1 amide bonds. The van der Waals surface area contributed by atoms with E-state index >= 15 is 0 Å². The first kappa shape index (κ1) is 13.3. The lowest BCUT2D eigenvalue weighted by Gasteiger charge is -2.06. The number of nitrogens with one attached hydrogen (secondary N) is 1. The van der Waals surface area contributed by atoms with Crippen LogP contribution in [0.1, 0.15) is 20.7 Å². The third-order valence-corrected chi connectivity index (χ3v) is 4.00. The predicted molar refractivity (Wildman–Crippen MR) is 83.2 cm³/mol. The minimum Gasteiger partial charge on any atom is -0.478 e. The first-order valence-electron chi connectivity index (χ1n) is 6.25. The van der Waals surface area contributed by atoms with Crippen LogP contribution in [0, 0.1) is 0 Å². The van der Waals surface area contributed by atoms with Gasteiger partial charge in [-0.2, -0.15) is 0 Å². The van der Waals surface area contributed by atoms with Gasteiger partial charge in [-0.3, -0.25) is 4.79 Å². The van der Waals surface area contributed by atoms with Crippen molar-refractivity contribution in [3.63, 3.8) is 0 Å². The van der Waals surface area contributed by atoms with Crippen LogP contribution in [0.3, 0.4) is 0 Å². The zero-order chi connectivity index (χ0) is 14.8. The molecule has 104 valence electrons. The maximum absolute atomic E-state index is 12.1. The van der Waals surface area contributed by atoms with Crippen LogP contribution in [0.15, 0.2) is 53.9 Å². The number of carbonyl (C=O) groups is 2. The van der Waals surface area contributed by atoms with Crippen molar-refractivity contribution in [2.24, 2.45) is 0 Å². The van der Waals surface area contributed by atoms with Crippen LogP contribution in [-0.2, 0) is 0 Å². The molecule has 0 spiro atoms. The van der Waals surface area contributed by atoms with E-state index in [9.17, 15) is 9.59 Å². The van der Waals surface area contributed by atoms with Crippen molar-refractivity contribution >= 4 is 39.0 Å². The Kier molecular flexibility index (Phi) is 3.41. The molecule has 0 saturated carbocycles. The van der Waals surface area contributed by atoms with Gasteiger partial charge in [-0.15, -0.1) is 11.3 Å². The highest BCUT2D eigenvalue weighted by atomic mass is 32.1. The number of carboxylic acids is 1. The van der Waals surface area contributed by atoms with Crippen LogP contribution < -0.4 is 5.32 Å². The molecule has 0 aliphatic carbocycles. The van der Waals surface area contributed by atoms with Crippen LogP contribution in [-0.4, -0.2) is 17.0 Å². The number of hydrogen-bond acceptors (Lipinski definition) is 3. The molecule has 0 unspecified atom stereocenters. The number of rotatable bonds is 3. The predicted octanol–water partition coefficient (Wildman–Crippen LogP) is 3.85. The largest absolute Gasteiger partial charge is 0.478 e. The van der Waals surface area contributed by atoms with Crippen molar-refractivity contribution in [2.45, 2.75) is 0 Å². The molecule has 21 heavy (non-hydrogen) atoms. The number of amides is 1. The van der Waals surface area contributed by atoms with Crippen molar-refractivity contribution in [3.8, 4) is 0 Å². The molecule has 3 rings (SSSR count). The molecule has 2 N–H and O–H groups in total. The van der Waals surface area contributed by atoms with Gasteiger partial charge >= 0.3 is 5.97 Å². The summed E-state index contributed by atoms with van der Waals surface area (Å²) in [6, 6.07) is 13.6.